The summed E-state index contributed by atoms with van der Waals surface area (Å²) in [6.07, 6.45) is 1.85. The largest absolute Gasteiger partial charge is 0.457 e. The van der Waals surface area contributed by atoms with Crippen LogP contribution in [0, 0.1) is 13.8 Å². The Morgan fingerprint density at radius 2 is 2.05 bits per heavy atom. The van der Waals surface area contributed by atoms with Crippen molar-refractivity contribution >= 4 is 15.9 Å². The van der Waals surface area contributed by atoms with Crippen molar-refractivity contribution in [1.29, 1.82) is 0 Å². The molecule has 0 fully saturated rings. The quantitative estimate of drug-likeness (QED) is 0.925. The fourth-order valence-electron chi connectivity index (χ4n) is 1.79. The van der Waals surface area contributed by atoms with E-state index in [-0.39, 0.29) is 0 Å². The fourth-order valence-corrected chi connectivity index (χ4v) is 2.04. The van der Waals surface area contributed by atoms with Crippen molar-refractivity contribution in [2.24, 2.45) is 0 Å². The van der Waals surface area contributed by atoms with Crippen LogP contribution in [0.3, 0.4) is 0 Å². The third-order valence-corrected chi connectivity index (χ3v) is 3.69. The summed E-state index contributed by atoms with van der Waals surface area (Å²) in [6.45, 7) is 4.74. The Bertz CT molecular complexity index is 584. The highest BCUT2D eigenvalue weighted by atomic mass is 79.9. The second-order valence-electron chi connectivity index (χ2n) is 4.48. The Labute approximate surface area is 122 Å². The summed E-state index contributed by atoms with van der Waals surface area (Å²) in [5.41, 5.74) is 3.15. The van der Waals surface area contributed by atoms with Crippen LogP contribution in [0.2, 0.25) is 0 Å². The summed E-state index contributed by atoms with van der Waals surface area (Å²) in [7, 11) is 1.91. The van der Waals surface area contributed by atoms with E-state index in [0.29, 0.717) is 0 Å². The highest BCUT2D eigenvalue weighted by Gasteiger charge is 2.07. The predicted octanol–water partition coefficient (Wildman–Crippen LogP) is 3.97. The van der Waals surface area contributed by atoms with Crippen LogP contribution in [0.15, 0.2) is 34.9 Å². The van der Waals surface area contributed by atoms with E-state index in [1.54, 1.807) is 0 Å². The van der Waals surface area contributed by atoms with Crippen molar-refractivity contribution in [3.63, 3.8) is 0 Å². The molecule has 0 bridgehead atoms. The third kappa shape index (κ3) is 3.55. The number of aromatic nitrogens is 1. The molecule has 1 aromatic carbocycles. The standard InChI is InChI=1S/C15H17BrN2O/c1-10-6-13(4-5-14(10)16)19-15-7-11(2)18-9-12(15)8-17-3/h4-7,9,17H,8H2,1-3H3. The summed E-state index contributed by atoms with van der Waals surface area (Å²) >= 11 is 3.49. The average molecular weight is 321 g/mol. The molecule has 0 spiro atoms. The number of aryl methyl sites for hydroxylation is 2. The van der Waals surface area contributed by atoms with Gasteiger partial charge in [-0.05, 0) is 44.7 Å². The first-order chi connectivity index (χ1) is 9.10. The number of pyridine rings is 1. The number of hydrogen-bond acceptors (Lipinski definition) is 3. The van der Waals surface area contributed by atoms with Gasteiger partial charge in [-0.2, -0.15) is 0 Å². The van der Waals surface area contributed by atoms with E-state index in [4.69, 9.17) is 4.74 Å². The van der Waals surface area contributed by atoms with Crippen LogP contribution < -0.4 is 10.1 Å². The van der Waals surface area contributed by atoms with E-state index >= 15 is 0 Å². The topological polar surface area (TPSA) is 34.2 Å². The fraction of sp³-hybridized carbons (Fsp3) is 0.267. The number of benzene rings is 1. The molecule has 0 aliphatic rings. The number of halogens is 1. The van der Waals surface area contributed by atoms with Gasteiger partial charge in [0.15, 0.2) is 0 Å². The molecule has 2 aromatic rings. The lowest BCUT2D eigenvalue weighted by Crippen LogP contribution is -2.07. The third-order valence-electron chi connectivity index (χ3n) is 2.80. The van der Waals surface area contributed by atoms with Crippen LogP contribution in [-0.2, 0) is 6.54 Å². The zero-order valence-electron chi connectivity index (χ0n) is 11.3. The molecular formula is C15H17BrN2O. The van der Waals surface area contributed by atoms with Crippen LogP contribution in [-0.4, -0.2) is 12.0 Å². The first kappa shape index (κ1) is 14.0. The smallest absolute Gasteiger partial charge is 0.135 e. The van der Waals surface area contributed by atoms with Crippen molar-refractivity contribution in [2.45, 2.75) is 20.4 Å². The molecule has 0 amide bonds. The van der Waals surface area contributed by atoms with Crippen LogP contribution >= 0.6 is 15.9 Å². The molecule has 0 atom stereocenters. The van der Waals surface area contributed by atoms with Crippen molar-refractivity contribution < 1.29 is 4.74 Å². The molecule has 1 heterocycles. The van der Waals surface area contributed by atoms with Crippen molar-refractivity contribution in [2.75, 3.05) is 7.05 Å². The van der Waals surface area contributed by atoms with Gasteiger partial charge in [0.05, 0.1) is 0 Å². The average Bonchev–Trinajstić information content (AvgIpc) is 2.37. The van der Waals surface area contributed by atoms with Gasteiger partial charge in [0.1, 0.15) is 11.5 Å². The molecule has 0 aliphatic carbocycles. The van der Waals surface area contributed by atoms with Crippen LogP contribution in [0.1, 0.15) is 16.8 Å². The lowest BCUT2D eigenvalue weighted by atomic mass is 10.2. The van der Waals surface area contributed by atoms with Crippen molar-refractivity contribution in [3.8, 4) is 11.5 Å². The minimum absolute atomic E-state index is 0.734. The molecular weight excluding hydrogens is 304 g/mol. The van der Waals surface area contributed by atoms with E-state index in [2.05, 4.69) is 26.2 Å². The minimum Gasteiger partial charge on any atom is -0.457 e. The van der Waals surface area contributed by atoms with Gasteiger partial charge in [-0.25, -0.2) is 0 Å². The summed E-state index contributed by atoms with van der Waals surface area (Å²) in [4.78, 5) is 4.30. The van der Waals surface area contributed by atoms with Crippen molar-refractivity contribution in [3.05, 3.63) is 51.8 Å². The minimum atomic E-state index is 0.734. The highest BCUT2D eigenvalue weighted by molar-refractivity contribution is 9.10. The molecule has 0 aliphatic heterocycles. The number of hydrogen-bond donors (Lipinski definition) is 1. The van der Waals surface area contributed by atoms with Gasteiger partial charge in [0.2, 0.25) is 0 Å². The molecule has 0 radical (unpaired) electrons. The first-order valence-corrected chi connectivity index (χ1v) is 6.93. The zero-order chi connectivity index (χ0) is 13.8. The van der Waals surface area contributed by atoms with Gasteiger partial charge in [-0.1, -0.05) is 15.9 Å². The highest BCUT2D eigenvalue weighted by Crippen LogP contribution is 2.28. The van der Waals surface area contributed by atoms with Gasteiger partial charge in [0, 0.05) is 34.5 Å². The molecule has 1 aromatic heterocycles. The molecule has 19 heavy (non-hydrogen) atoms. The Morgan fingerprint density at radius 1 is 1.26 bits per heavy atom. The molecule has 100 valence electrons. The van der Waals surface area contributed by atoms with E-state index in [9.17, 15) is 0 Å². The molecule has 0 unspecified atom stereocenters. The normalized spacial score (nSPS) is 10.5. The van der Waals surface area contributed by atoms with Gasteiger partial charge < -0.3 is 10.1 Å². The molecule has 1 N–H and O–H groups in total. The number of nitrogens with zero attached hydrogens (tertiary/aromatic N) is 1. The second-order valence-corrected chi connectivity index (χ2v) is 5.33. The van der Waals surface area contributed by atoms with Crippen LogP contribution in [0.4, 0.5) is 0 Å². The molecule has 4 heteroatoms. The van der Waals surface area contributed by atoms with Crippen LogP contribution in [0.5, 0.6) is 11.5 Å². The lowest BCUT2D eigenvalue weighted by Gasteiger charge is -2.12. The number of ether oxygens (including phenoxy) is 1. The summed E-state index contributed by atoms with van der Waals surface area (Å²) in [5, 5.41) is 3.12. The molecule has 0 saturated heterocycles. The summed E-state index contributed by atoms with van der Waals surface area (Å²) in [5.74, 6) is 1.69. The van der Waals surface area contributed by atoms with Gasteiger partial charge in [0.25, 0.3) is 0 Å². The summed E-state index contributed by atoms with van der Waals surface area (Å²) < 4.78 is 7.06. The number of nitrogens with one attached hydrogen (secondary N) is 1. The maximum Gasteiger partial charge on any atom is 0.135 e. The maximum absolute atomic E-state index is 5.98. The Kier molecular flexibility index (Phi) is 4.56. The second kappa shape index (κ2) is 6.17. The van der Waals surface area contributed by atoms with Gasteiger partial charge in [-0.3, -0.25) is 4.98 Å². The molecule has 3 nitrogen and oxygen atoms in total. The molecule has 0 saturated carbocycles. The van der Waals surface area contributed by atoms with E-state index in [0.717, 1.165) is 39.3 Å². The predicted molar refractivity (Wildman–Crippen MR) is 80.7 cm³/mol. The summed E-state index contributed by atoms with van der Waals surface area (Å²) in [6, 6.07) is 7.93. The zero-order valence-corrected chi connectivity index (χ0v) is 12.9. The Hall–Kier alpha value is -1.39. The lowest BCUT2D eigenvalue weighted by molar-refractivity contribution is 0.472. The van der Waals surface area contributed by atoms with Gasteiger partial charge in [-0.15, -0.1) is 0 Å². The number of rotatable bonds is 4. The van der Waals surface area contributed by atoms with E-state index < -0.39 is 0 Å². The SMILES string of the molecule is CNCc1cnc(C)cc1Oc1ccc(Br)c(C)c1. The monoisotopic (exact) mass is 320 g/mol. The van der Waals surface area contributed by atoms with Gasteiger partial charge >= 0.3 is 0 Å². The maximum atomic E-state index is 5.98. The van der Waals surface area contributed by atoms with Crippen molar-refractivity contribution in [1.82, 2.24) is 10.3 Å². The Balaban J connectivity index is 2.30. The Morgan fingerprint density at radius 3 is 2.74 bits per heavy atom. The molecule has 2 rings (SSSR count). The van der Waals surface area contributed by atoms with Crippen LogP contribution in [0.25, 0.3) is 0 Å². The van der Waals surface area contributed by atoms with E-state index in [1.807, 2.05) is 51.4 Å². The first-order valence-electron chi connectivity index (χ1n) is 6.14. The van der Waals surface area contributed by atoms with E-state index in [1.165, 1.54) is 0 Å².